The van der Waals surface area contributed by atoms with Gasteiger partial charge in [-0.05, 0) is 47.6 Å². The highest BCUT2D eigenvalue weighted by Crippen LogP contribution is 2.40. The number of esters is 1. The summed E-state index contributed by atoms with van der Waals surface area (Å²) in [5.74, 6) is -0.252. The van der Waals surface area contributed by atoms with E-state index in [9.17, 15) is 4.79 Å². The molecule has 0 saturated carbocycles. The first-order valence-corrected chi connectivity index (χ1v) is 10.7. The predicted octanol–water partition coefficient (Wildman–Crippen LogP) is 6.27. The first-order valence-electron chi connectivity index (χ1n) is 10.7. The standard InChI is InChI=1S/C23H43NO2/c1-8-9-10-11-12-13-14-15-16-24-22(4,5)17-20(18-23(24,6)7)26-21(25)19(2)3/h20H,2,8-18H2,1,3-7H3. The van der Waals surface area contributed by atoms with E-state index in [0.29, 0.717) is 5.57 Å². The molecule has 0 radical (unpaired) electrons. The lowest BCUT2D eigenvalue weighted by atomic mass is 9.78. The molecule has 0 aliphatic carbocycles. The summed E-state index contributed by atoms with van der Waals surface area (Å²) < 4.78 is 5.70. The first-order chi connectivity index (χ1) is 12.1. The molecule has 0 aromatic rings. The van der Waals surface area contributed by atoms with Gasteiger partial charge in [-0.1, -0.05) is 58.4 Å². The van der Waals surface area contributed by atoms with Gasteiger partial charge in [0.05, 0.1) is 0 Å². The van der Waals surface area contributed by atoms with Gasteiger partial charge in [0.1, 0.15) is 6.10 Å². The number of likely N-dealkylation sites (tertiary alicyclic amines) is 1. The maximum atomic E-state index is 11.9. The minimum Gasteiger partial charge on any atom is -0.459 e. The van der Waals surface area contributed by atoms with Crippen molar-refractivity contribution in [2.75, 3.05) is 6.54 Å². The van der Waals surface area contributed by atoms with Crippen LogP contribution in [0, 0.1) is 0 Å². The van der Waals surface area contributed by atoms with Crippen molar-refractivity contribution in [1.82, 2.24) is 4.90 Å². The fourth-order valence-corrected chi connectivity index (χ4v) is 4.57. The topological polar surface area (TPSA) is 29.5 Å². The lowest BCUT2D eigenvalue weighted by Crippen LogP contribution is -2.62. The van der Waals surface area contributed by atoms with Gasteiger partial charge in [-0.15, -0.1) is 0 Å². The van der Waals surface area contributed by atoms with Crippen molar-refractivity contribution in [2.24, 2.45) is 0 Å². The Labute approximate surface area is 162 Å². The van der Waals surface area contributed by atoms with Crippen LogP contribution in [0.2, 0.25) is 0 Å². The van der Waals surface area contributed by atoms with Gasteiger partial charge in [-0.3, -0.25) is 4.90 Å². The van der Waals surface area contributed by atoms with E-state index >= 15 is 0 Å². The van der Waals surface area contributed by atoms with Crippen molar-refractivity contribution in [1.29, 1.82) is 0 Å². The van der Waals surface area contributed by atoms with Crippen LogP contribution >= 0.6 is 0 Å². The van der Waals surface area contributed by atoms with Crippen LogP contribution in [0.25, 0.3) is 0 Å². The molecular formula is C23H43NO2. The maximum absolute atomic E-state index is 11.9. The molecular weight excluding hydrogens is 322 g/mol. The van der Waals surface area contributed by atoms with Crippen molar-refractivity contribution in [3.63, 3.8) is 0 Å². The third kappa shape index (κ3) is 7.42. The molecule has 0 bridgehead atoms. The maximum Gasteiger partial charge on any atom is 0.333 e. The van der Waals surface area contributed by atoms with Gasteiger partial charge >= 0.3 is 5.97 Å². The average molecular weight is 366 g/mol. The minimum atomic E-state index is -0.252. The van der Waals surface area contributed by atoms with Gasteiger partial charge < -0.3 is 4.74 Å². The molecule has 0 unspecified atom stereocenters. The second-order valence-electron chi connectivity index (χ2n) is 9.47. The number of hydrogen-bond donors (Lipinski definition) is 0. The van der Waals surface area contributed by atoms with E-state index in [4.69, 9.17) is 4.74 Å². The Hall–Kier alpha value is -0.830. The normalized spacial score (nSPS) is 20.1. The van der Waals surface area contributed by atoms with Gasteiger partial charge in [0.15, 0.2) is 0 Å². The number of carbonyl (C=O) groups excluding carboxylic acids is 1. The zero-order valence-corrected chi connectivity index (χ0v) is 18.3. The molecule has 1 aliphatic heterocycles. The van der Waals surface area contributed by atoms with E-state index in [-0.39, 0.29) is 23.2 Å². The third-order valence-corrected chi connectivity index (χ3v) is 5.77. The monoisotopic (exact) mass is 365 g/mol. The number of carbonyl (C=O) groups is 1. The number of rotatable bonds is 11. The Morgan fingerprint density at radius 1 is 0.962 bits per heavy atom. The molecule has 3 heteroatoms. The van der Waals surface area contributed by atoms with E-state index in [2.05, 4.69) is 46.1 Å². The van der Waals surface area contributed by atoms with Gasteiger partial charge in [0.25, 0.3) is 0 Å². The van der Waals surface area contributed by atoms with Gasteiger partial charge in [-0.2, -0.15) is 0 Å². The molecule has 1 aliphatic rings. The highest BCUT2D eigenvalue weighted by Gasteiger charge is 2.46. The van der Waals surface area contributed by atoms with Crippen molar-refractivity contribution in [3.05, 3.63) is 12.2 Å². The molecule has 1 rings (SSSR count). The second-order valence-corrected chi connectivity index (χ2v) is 9.47. The zero-order valence-electron chi connectivity index (χ0n) is 18.3. The zero-order chi connectivity index (χ0) is 19.8. The summed E-state index contributed by atoms with van der Waals surface area (Å²) >= 11 is 0. The Morgan fingerprint density at radius 2 is 1.42 bits per heavy atom. The molecule has 0 spiro atoms. The summed E-state index contributed by atoms with van der Waals surface area (Å²) in [6, 6.07) is 0. The largest absolute Gasteiger partial charge is 0.459 e. The number of hydrogen-bond acceptors (Lipinski definition) is 3. The van der Waals surface area contributed by atoms with E-state index < -0.39 is 0 Å². The van der Waals surface area contributed by atoms with Crippen LogP contribution in [0.5, 0.6) is 0 Å². The molecule has 0 N–H and O–H groups in total. The summed E-state index contributed by atoms with van der Waals surface area (Å²) in [6.07, 6.45) is 12.6. The van der Waals surface area contributed by atoms with Gasteiger partial charge in [0.2, 0.25) is 0 Å². The Morgan fingerprint density at radius 3 is 1.88 bits per heavy atom. The number of piperidine rings is 1. The van der Waals surface area contributed by atoms with Crippen LogP contribution in [0.4, 0.5) is 0 Å². The lowest BCUT2D eigenvalue weighted by Gasteiger charge is -2.55. The minimum absolute atomic E-state index is 0.0148. The van der Waals surface area contributed by atoms with E-state index in [1.165, 1.54) is 51.4 Å². The van der Waals surface area contributed by atoms with E-state index in [1.807, 2.05) is 0 Å². The van der Waals surface area contributed by atoms with Crippen molar-refractivity contribution in [2.45, 2.75) is 123 Å². The van der Waals surface area contributed by atoms with Crippen LogP contribution in [0.15, 0.2) is 12.2 Å². The van der Waals surface area contributed by atoms with Crippen LogP contribution < -0.4 is 0 Å². The third-order valence-electron chi connectivity index (χ3n) is 5.77. The Balaban J connectivity index is 2.46. The van der Waals surface area contributed by atoms with Crippen molar-refractivity contribution >= 4 is 5.97 Å². The number of ether oxygens (including phenoxy) is 1. The van der Waals surface area contributed by atoms with Crippen LogP contribution in [-0.2, 0) is 9.53 Å². The lowest BCUT2D eigenvalue weighted by molar-refractivity contribution is -0.155. The summed E-state index contributed by atoms with van der Waals surface area (Å²) in [5, 5.41) is 0. The summed E-state index contributed by atoms with van der Waals surface area (Å²) in [6.45, 7) is 18.0. The van der Waals surface area contributed by atoms with Gasteiger partial charge in [-0.25, -0.2) is 4.79 Å². The van der Waals surface area contributed by atoms with Crippen LogP contribution in [-0.4, -0.2) is 34.6 Å². The Bertz CT molecular complexity index is 435. The first kappa shape index (κ1) is 23.2. The van der Waals surface area contributed by atoms with Crippen LogP contribution in [0.1, 0.15) is 106 Å². The molecule has 0 aromatic carbocycles. The molecule has 0 amide bonds. The number of unbranched alkanes of at least 4 members (excludes halogenated alkanes) is 7. The molecule has 3 nitrogen and oxygen atoms in total. The SMILES string of the molecule is C=C(C)C(=O)OC1CC(C)(C)N(CCCCCCCCCC)C(C)(C)C1. The fraction of sp³-hybridized carbons (Fsp3) is 0.870. The fourth-order valence-electron chi connectivity index (χ4n) is 4.57. The number of nitrogens with zero attached hydrogens (tertiary/aromatic N) is 1. The molecule has 1 heterocycles. The van der Waals surface area contributed by atoms with Gasteiger partial charge in [0, 0.05) is 29.5 Å². The highest BCUT2D eigenvalue weighted by atomic mass is 16.5. The molecule has 0 aromatic heterocycles. The quantitative estimate of drug-likeness (QED) is 0.245. The smallest absolute Gasteiger partial charge is 0.333 e. The molecule has 152 valence electrons. The molecule has 26 heavy (non-hydrogen) atoms. The van der Waals surface area contributed by atoms with Crippen LogP contribution in [0.3, 0.4) is 0 Å². The van der Waals surface area contributed by atoms with Crippen molar-refractivity contribution < 1.29 is 9.53 Å². The van der Waals surface area contributed by atoms with E-state index in [1.54, 1.807) is 6.92 Å². The summed E-state index contributed by atoms with van der Waals surface area (Å²) in [7, 11) is 0. The van der Waals surface area contributed by atoms with E-state index in [0.717, 1.165) is 19.4 Å². The molecule has 1 fully saturated rings. The molecule has 0 atom stereocenters. The average Bonchev–Trinajstić information content (AvgIpc) is 2.50. The Kier molecular flexibility index (Phi) is 9.36. The van der Waals surface area contributed by atoms with Crippen molar-refractivity contribution in [3.8, 4) is 0 Å². The summed E-state index contributed by atoms with van der Waals surface area (Å²) in [5.41, 5.74) is 0.577. The summed E-state index contributed by atoms with van der Waals surface area (Å²) in [4.78, 5) is 14.6. The predicted molar refractivity (Wildman–Crippen MR) is 111 cm³/mol. The highest BCUT2D eigenvalue weighted by molar-refractivity contribution is 5.87. The molecule has 1 saturated heterocycles. The second kappa shape index (κ2) is 10.5.